The monoisotopic (exact) mass is 426 g/mol. The average Bonchev–Trinajstić information content (AvgIpc) is 3.09. The Labute approximate surface area is 178 Å². The van der Waals surface area contributed by atoms with E-state index in [2.05, 4.69) is 15.5 Å². The Bertz CT molecular complexity index is 1060. The highest BCUT2D eigenvalue weighted by Crippen LogP contribution is 2.38. The summed E-state index contributed by atoms with van der Waals surface area (Å²) in [5.74, 6) is 0.376. The minimum Gasteiger partial charge on any atom is -0.493 e. The standard InChI is InChI=1S/C21H22N4O4S/c1-13(2)29-20-17(25(26)27)10-15(11-18(20)28-4)12-22-24-21-23-19(14(3)30-21)16-8-6-5-7-9-16/h5-13H,1-4H3,(H,23,24)/b22-12-. The van der Waals surface area contributed by atoms with Crippen LogP contribution >= 0.6 is 11.3 Å². The van der Waals surface area contributed by atoms with Gasteiger partial charge in [-0.1, -0.05) is 30.3 Å². The summed E-state index contributed by atoms with van der Waals surface area (Å²) in [7, 11) is 1.44. The topological polar surface area (TPSA) is 98.9 Å². The number of hydrogen-bond acceptors (Lipinski definition) is 8. The van der Waals surface area contributed by atoms with Crippen molar-refractivity contribution in [3.63, 3.8) is 0 Å². The molecule has 0 radical (unpaired) electrons. The van der Waals surface area contributed by atoms with Crippen LogP contribution in [0.4, 0.5) is 10.8 Å². The van der Waals surface area contributed by atoms with Crippen LogP contribution in [-0.4, -0.2) is 29.3 Å². The normalized spacial score (nSPS) is 11.1. The molecule has 3 rings (SSSR count). The van der Waals surface area contributed by atoms with Gasteiger partial charge in [0.05, 0.1) is 30.0 Å². The number of anilines is 1. The van der Waals surface area contributed by atoms with Crippen molar-refractivity contribution in [2.75, 3.05) is 12.5 Å². The maximum absolute atomic E-state index is 11.5. The number of thiazole rings is 1. The van der Waals surface area contributed by atoms with E-state index in [-0.39, 0.29) is 23.3 Å². The number of benzene rings is 2. The van der Waals surface area contributed by atoms with Crippen molar-refractivity contribution < 1.29 is 14.4 Å². The van der Waals surface area contributed by atoms with Gasteiger partial charge in [0.2, 0.25) is 10.9 Å². The fourth-order valence-electron chi connectivity index (χ4n) is 2.79. The Hall–Kier alpha value is -3.46. The smallest absolute Gasteiger partial charge is 0.315 e. The molecule has 0 fully saturated rings. The Kier molecular flexibility index (Phi) is 6.63. The van der Waals surface area contributed by atoms with E-state index in [1.165, 1.54) is 30.7 Å². The molecule has 0 atom stereocenters. The van der Waals surface area contributed by atoms with Crippen LogP contribution in [0.5, 0.6) is 11.5 Å². The van der Waals surface area contributed by atoms with Gasteiger partial charge in [0.25, 0.3) is 0 Å². The van der Waals surface area contributed by atoms with Crippen LogP contribution in [0.2, 0.25) is 0 Å². The van der Waals surface area contributed by atoms with Crippen LogP contribution in [0.25, 0.3) is 11.3 Å². The minimum atomic E-state index is -0.499. The maximum atomic E-state index is 11.5. The molecular weight excluding hydrogens is 404 g/mol. The summed E-state index contributed by atoms with van der Waals surface area (Å²) in [5.41, 5.74) is 5.14. The molecule has 2 aromatic carbocycles. The lowest BCUT2D eigenvalue weighted by atomic mass is 10.1. The first-order chi connectivity index (χ1) is 14.4. The summed E-state index contributed by atoms with van der Waals surface area (Å²) in [6.07, 6.45) is 1.25. The molecule has 1 aromatic heterocycles. The van der Waals surface area contributed by atoms with Crippen LogP contribution < -0.4 is 14.9 Å². The second-order valence-electron chi connectivity index (χ2n) is 6.65. The van der Waals surface area contributed by atoms with E-state index in [0.29, 0.717) is 10.7 Å². The lowest BCUT2D eigenvalue weighted by molar-refractivity contribution is -0.386. The molecular formula is C21H22N4O4S. The van der Waals surface area contributed by atoms with Crippen molar-refractivity contribution in [2.45, 2.75) is 26.9 Å². The molecule has 0 aliphatic carbocycles. The number of hydrazone groups is 1. The number of aromatic nitrogens is 1. The van der Waals surface area contributed by atoms with E-state index in [9.17, 15) is 10.1 Å². The van der Waals surface area contributed by atoms with Crippen LogP contribution in [0.1, 0.15) is 24.3 Å². The van der Waals surface area contributed by atoms with E-state index in [1.807, 2.05) is 37.3 Å². The fraction of sp³-hybridized carbons (Fsp3) is 0.238. The van der Waals surface area contributed by atoms with Gasteiger partial charge in [-0.3, -0.25) is 15.5 Å². The summed E-state index contributed by atoms with van der Waals surface area (Å²) in [6.45, 7) is 5.58. The Balaban J connectivity index is 1.83. The molecule has 3 aromatic rings. The fourth-order valence-corrected chi connectivity index (χ4v) is 3.58. The first-order valence-corrected chi connectivity index (χ1v) is 10.1. The van der Waals surface area contributed by atoms with Gasteiger partial charge in [-0.05, 0) is 26.8 Å². The number of nitro groups is 1. The summed E-state index contributed by atoms with van der Waals surface area (Å²) in [6, 6.07) is 12.9. The van der Waals surface area contributed by atoms with E-state index in [1.54, 1.807) is 19.9 Å². The summed E-state index contributed by atoms with van der Waals surface area (Å²) in [5, 5.41) is 16.3. The highest BCUT2D eigenvalue weighted by Gasteiger charge is 2.23. The van der Waals surface area contributed by atoms with Crippen LogP contribution in [0, 0.1) is 17.0 Å². The number of aryl methyl sites for hydroxylation is 1. The van der Waals surface area contributed by atoms with E-state index < -0.39 is 4.92 Å². The van der Waals surface area contributed by atoms with Gasteiger partial charge in [0.15, 0.2) is 5.75 Å². The summed E-state index contributed by atoms with van der Waals surface area (Å²) >= 11 is 1.48. The number of nitrogens with one attached hydrogen (secondary N) is 1. The zero-order valence-electron chi connectivity index (χ0n) is 17.1. The highest BCUT2D eigenvalue weighted by molar-refractivity contribution is 7.15. The second kappa shape index (κ2) is 9.36. The van der Waals surface area contributed by atoms with Crippen molar-refractivity contribution in [1.82, 2.24) is 4.98 Å². The minimum absolute atomic E-state index is 0.102. The van der Waals surface area contributed by atoms with E-state index >= 15 is 0 Å². The summed E-state index contributed by atoms with van der Waals surface area (Å²) in [4.78, 5) is 16.6. The van der Waals surface area contributed by atoms with Gasteiger partial charge in [-0.2, -0.15) is 5.10 Å². The third-order valence-electron chi connectivity index (χ3n) is 4.05. The van der Waals surface area contributed by atoms with Gasteiger partial charge in [0, 0.05) is 22.1 Å². The maximum Gasteiger partial charge on any atom is 0.315 e. The molecule has 156 valence electrons. The predicted octanol–water partition coefficient (Wildman–Crippen LogP) is 5.27. The first-order valence-electron chi connectivity index (χ1n) is 9.24. The molecule has 0 unspecified atom stereocenters. The van der Waals surface area contributed by atoms with Crippen molar-refractivity contribution in [1.29, 1.82) is 0 Å². The molecule has 30 heavy (non-hydrogen) atoms. The number of hydrogen-bond donors (Lipinski definition) is 1. The largest absolute Gasteiger partial charge is 0.493 e. The zero-order valence-corrected chi connectivity index (χ0v) is 17.9. The Morgan fingerprint density at radius 2 is 2.00 bits per heavy atom. The van der Waals surface area contributed by atoms with Crippen LogP contribution in [0.3, 0.4) is 0 Å². The molecule has 0 spiro atoms. The Morgan fingerprint density at radius 1 is 1.27 bits per heavy atom. The molecule has 0 amide bonds. The van der Waals surface area contributed by atoms with Crippen molar-refractivity contribution >= 4 is 28.4 Å². The molecule has 0 aliphatic rings. The number of ether oxygens (including phenoxy) is 2. The first kappa shape index (κ1) is 21.3. The molecule has 0 aliphatic heterocycles. The SMILES string of the molecule is COc1cc(/C=N\Nc2nc(-c3ccccc3)c(C)s2)cc([N+](=O)[O-])c1OC(C)C. The predicted molar refractivity (Wildman–Crippen MR) is 119 cm³/mol. The van der Waals surface area contributed by atoms with Crippen LogP contribution in [0.15, 0.2) is 47.6 Å². The van der Waals surface area contributed by atoms with Gasteiger partial charge in [-0.25, -0.2) is 4.98 Å². The average molecular weight is 426 g/mol. The van der Waals surface area contributed by atoms with Gasteiger partial charge < -0.3 is 9.47 Å². The van der Waals surface area contributed by atoms with Crippen LogP contribution in [-0.2, 0) is 0 Å². The molecule has 0 saturated heterocycles. The third-order valence-corrected chi connectivity index (χ3v) is 4.92. The van der Waals surface area contributed by atoms with Crippen molar-refractivity contribution in [2.24, 2.45) is 5.10 Å². The lowest BCUT2D eigenvalue weighted by Crippen LogP contribution is -2.09. The second-order valence-corrected chi connectivity index (χ2v) is 7.86. The molecule has 1 N–H and O–H groups in total. The molecule has 9 heteroatoms. The van der Waals surface area contributed by atoms with Gasteiger partial charge >= 0.3 is 5.69 Å². The number of nitro benzene ring substituents is 1. The lowest BCUT2D eigenvalue weighted by Gasteiger charge is -2.14. The summed E-state index contributed by atoms with van der Waals surface area (Å²) < 4.78 is 10.9. The van der Waals surface area contributed by atoms with Gasteiger partial charge in [-0.15, -0.1) is 11.3 Å². The quantitative estimate of drug-likeness (QED) is 0.299. The number of methoxy groups -OCH3 is 1. The molecule has 1 heterocycles. The van der Waals surface area contributed by atoms with E-state index in [0.717, 1.165) is 16.1 Å². The Morgan fingerprint density at radius 3 is 2.63 bits per heavy atom. The molecule has 0 saturated carbocycles. The highest BCUT2D eigenvalue weighted by atomic mass is 32.1. The zero-order chi connectivity index (χ0) is 21.7. The number of rotatable bonds is 8. The number of nitrogens with zero attached hydrogens (tertiary/aromatic N) is 3. The van der Waals surface area contributed by atoms with Gasteiger partial charge in [0.1, 0.15) is 0 Å². The molecule has 0 bridgehead atoms. The van der Waals surface area contributed by atoms with Crippen molar-refractivity contribution in [3.05, 3.63) is 63.0 Å². The van der Waals surface area contributed by atoms with E-state index in [4.69, 9.17) is 9.47 Å². The van der Waals surface area contributed by atoms with Crippen molar-refractivity contribution in [3.8, 4) is 22.8 Å². The third kappa shape index (κ3) is 4.93. The molecule has 8 nitrogen and oxygen atoms in total.